The zero-order valence-corrected chi connectivity index (χ0v) is 14.7. The predicted molar refractivity (Wildman–Crippen MR) is 94.3 cm³/mol. The highest BCUT2D eigenvalue weighted by molar-refractivity contribution is 5.85. The van der Waals surface area contributed by atoms with Crippen molar-refractivity contribution >= 4 is 12.4 Å². The van der Waals surface area contributed by atoms with Crippen LogP contribution >= 0.6 is 12.4 Å². The molecule has 6 heteroatoms. The van der Waals surface area contributed by atoms with E-state index in [0.717, 1.165) is 37.0 Å². The molecule has 1 N–H and O–H groups in total. The molecular formula is C19H21ClF3NO. The number of hydrogen-bond donors (Lipinski definition) is 1. The number of alkyl halides is 3. The molecule has 0 saturated heterocycles. The lowest BCUT2D eigenvalue weighted by molar-refractivity contribution is -0.137. The van der Waals surface area contributed by atoms with Gasteiger partial charge in [0.2, 0.25) is 0 Å². The first-order valence-electron chi connectivity index (χ1n) is 8.06. The Bertz CT molecular complexity index is 688. The van der Waals surface area contributed by atoms with Gasteiger partial charge in [-0.2, -0.15) is 13.2 Å². The average Bonchev–Trinajstić information content (AvgIpc) is 2.74. The fourth-order valence-electron chi connectivity index (χ4n) is 3.17. The van der Waals surface area contributed by atoms with E-state index in [2.05, 4.69) is 11.4 Å². The van der Waals surface area contributed by atoms with Crippen molar-refractivity contribution in [3.8, 4) is 5.75 Å². The second-order valence-electron chi connectivity index (χ2n) is 6.09. The lowest BCUT2D eigenvalue weighted by Crippen LogP contribution is -2.27. The molecule has 2 atom stereocenters. The van der Waals surface area contributed by atoms with Gasteiger partial charge in [0.05, 0.1) is 5.56 Å². The highest BCUT2D eigenvalue weighted by Crippen LogP contribution is 2.34. The molecule has 0 saturated carbocycles. The second kappa shape index (κ2) is 8.11. The first kappa shape index (κ1) is 19.6. The van der Waals surface area contributed by atoms with Crippen molar-refractivity contribution in [3.63, 3.8) is 0 Å². The summed E-state index contributed by atoms with van der Waals surface area (Å²) in [5.41, 5.74) is 1.70. The van der Waals surface area contributed by atoms with Crippen LogP contribution in [0.2, 0.25) is 0 Å². The number of rotatable bonds is 3. The third kappa shape index (κ3) is 4.67. The second-order valence-corrected chi connectivity index (χ2v) is 6.09. The number of ether oxygens (including phenoxy) is 1. The molecular weight excluding hydrogens is 351 g/mol. The molecule has 136 valence electrons. The molecule has 0 amide bonds. The molecule has 1 aliphatic rings. The molecule has 0 bridgehead atoms. The van der Waals surface area contributed by atoms with E-state index in [1.165, 1.54) is 17.7 Å². The smallest absolute Gasteiger partial charge is 0.416 e. The highest BCUT2D eigenvalue weighted by atomic mass is 35.5. The first-order valence-corrected chi connectivity index (χ1v) is 8.06. The molecule has 0 unspecified atom stereocenters. The van der Waals surface area contributed by atoms with Crippen molar-refractivity contribution in [2.45, 2.75) is 37.6 Å². The van der Waals surface area contributed by atoms with Crippen LogP contribution in [0.1, 0.15) is 35.6 Å². The largest absolute Gasteiger partial charge is 0.486 e. The van der Waals surface area contributed by atoms with Crippen molar-refractivity contribution in [2.24, 2.45) is 0 Å². The summed E-state index contributed by atoms with van der Waals surface area (Å²) in [6.07, 6.45) is -1.73. The monoisotopic (exact) mass is 371 g/mol. The van der Waals surface area contributed by atoms with Crippen LogP contribution in [0.3, 0.4) is 0 Å². The molecule has 0 aliphatic heterocycles. The van der Waals surface area contributed by atoms with E-state index >= 15 is 0 Å². The van der Waals surface area contributed by atoms with Gasteiger partial charge in [-0.05, 0) is 55.3 Å². The minimum absolute atomic E-state index is 0. The van der Waals surface area contributed by atoms with Crippen LogP contribution < -0.4 is 10.1 Å². The minimum atomic E-state index is -4.33. The number of nitrogens with one attached hydrogen (secondary N) is 1. The van der Waals surface area contributed by atoms with Crippen LogP contribution in [0.4, 0.5) is 13.2 Å². The molecule has 2 aromatic carbocycles. The molecule has 3 rings (SSSR count). The van der Waals surface area contributed by atoms with Crippen LogP contribution in [0.25, 0.3) is 0 Å². The molecule has 2 aromatic rings. The maximum absolute atomic E-state index is 12.7. The Hall–Kier alpha value is -1.72. The Kier molecular flexibility index (Phi) is 6.36. The zero-order chi connectivity index (χ0) is 17.2. The van der Waals surface area contributed by atoms with Gasteiger partial charge in [-0.15, -0.1) is 12.4 Å². The number of fused-ring (bicyclic) bond motifs is 1. The Balaban J connectivity index is 0.00000225. The van der Waals surface area contributed by atoms with Crippen molar-refractivity contribution < 1.29 is 17.9 Å². The lowest BCUT2D eigenvalue weighted by atomic mass is 10.0. The van der Waals surface area contributed by atoms with Crippen LogP contribution in [-0.4, -0.2) is 13.1 Å². The Morgan fingerprint density at radius 3 is 2.36 bits per heavy atom. The molecule has 1 aliphatic carbocycles. The Morgan fingerprint density at radius 2 is 1.72 bits per heavy atom. The quantitative estimate of drug-likeness (QED) is 0.751. The van der Waals surface area contributed by atoms with Crippen LogP contribution in [-0.2, 0) is 12.6 Å². The fraction of sp³-hybridized carbons (Fsp3) is 0.368. The van der Waals surface area contributed by atoms with Gasteiger partial charge in [-0.3, -0.25) is 0 Å². The van der Waals surface area contributed by atoms with E-state index in [4.69, 9.17) is 4.74 Å². The third-order valence-electron chi connectivity index (χ3n) is 4.53. The van der Waals surface area contributed by atoms with Gasteiger partial charge in [0.15, 0.2) is 0 Å². The number of aryl methyl sites for hydroxylation is 1. The number of benzene rings is 2. The summed E-state index contributed by atoms with van der Waals surface area (Å²) in [6, 6.07) is 13.3. The minimum Gasteiger partial charge on any atom is -0.486 e. The Labute approximate surface area is 151 Å². The number of halogens is 4. The Morgan fingerprint density at radius 1 is 1.04 bits per heavy atom. The summed E-state index contributed by atoms with van der Waals surface area (Å²) in [7, 11) is 1.93. The first-order chi connectivity index (χ1) is 11.5. The maximum atomic E-state index is 12.7. The van der Waals surface area contributed by atoms with Gasteiger partial charge in [0.1, 0.15) is 11.9 Å². The highest BCUT2D eigenvalue weighted by Gasteiger charge is 2.30. The topological polar surface area (TPSA) is 21.3 Å². The van der Waals surface area contributed by atoms with Crippen molar-refractivity contribution in [2.75, 3.05) is 7.05 Å². The van der Waals surface area contributed by atoms with Crippen LogP contribution in [0, 0.1) is 0 Å². The maximum Gasteiger partial charge on any atom is 0.416 e. The van der Waals surface area contributed by atoms with Gasteiger partial charge in [0, 0.05) is 12.5 Å². The molecule has 2 nitrogen and oxygen atoms in total. The fourth-order valence-corrected chi connectivity index (χ4v) is 3.17. The summed E-state index contributed by atoms with van der Waals surface area (Å²) in [5, 5.41) is 3.29. The standard InChI is InChI=1S/C19H20F3NO.ClH/c1-23-15-9-6-13-4-2-3-5-17(13)18(12-15)24-16-10-7-14(8-11-16)19(20,21)22;/h2-5,7-8,10-11,15,18,23H,6,9,12H2,1H3;1H/t15-,18-;/m1./s1. The number of hydrogen-bond acceptors (Lipinski definition) is 2. The van der Waals surface area contributed by atoms with E-state index in [9.17, 15) is 13.2 Å². The van der Waals surface area contributed by atoms with Crippen molar-refractivity contribution in [1.82, 2.24) is 5.32 Å². The molecule has 0 heterocycles. The molecule has 0 spiro atoms. The predicted octanol–water partition coefficient (Wildman–Crippen LogP) is 5.17. The van der Waals surface area contributed by atoms with Crippen molar-refractivity contribution in [3.05, 3.63) is 65.2 Å². The van der Waals surface area contributed by atoms with E-state index in [1.54, 1.807) is 0 Å². The van der Waals surface area contributed by atoms with Gasteiger partial charge in [-0.25, -0.2) is 0 Å². The van der Waals surface area contributed by atoms with Gasteiger partial charge in [0.25, 0.3) is 0 Å². The lowest BCUT2D eigenvalue weighted by Gasteiger charge is -2.23. The van der Waals surface area contributed by atoms with Crippen molar-refractivity contribution in [1.29, 1.82) is 0 Å². The summed E-state index contributed by atoms with van der Waals surface area (Å²) in [6.45, 7) is 0. The van der Waals surface area contributed by atoms with Gasteiger partial charge in [-0.1, -0.05) is 24.3 Å². The van der Waals surface area contributed by atoms with Crippen LogP contribution in [0.15, 0.2) is 48.5 Å². The van der Waals surface area contributed by atoms with E-state index < -0.39 is 11.7 Å². The van der Waals surface area contributed by atoms with E-state index in [-0.39, 0.29) is 18.5 Å². The summed E-state index contributed by atoms with van der Waals surface area (Å²) in [4.78, 5) is 0. The van der Waals surface area contributed by atoms with E-state index in [0.29, 0.717) is 11.8 Å². The van der Waals surface area contributed by atoms with Gasteiger partial charge < -0.3 is 10.1 Å². The summed E-state index contributed by atoms with van der Waals surface area (Å²) < 4.78 is 44.1. The van der Waals surface area contributed by atoms with Crippen LogP contribution in [0.5, 0.6) is 5.75 Å². The molecule has 0 aromatic heterocycles. The molecule has 0 radical (unpaired) electrons. The third-order valence-corrected chi connectivity index (χ3v) is 4.53. The summed E-state index contributed by atoms with van der Waals surface area (Å²) in [5.74, 6) is 0.458. The normalized spacial score (nSPS) is 20.2. The van der Waals surface area contributed by atoms with E-state index in [1.807, 2.05) is 25.2 Å². The molecule has 0 fully saturated rings. The molecule has 25 heavy (non-hydrogen) atoms. The SMILES string of the molecule is CN[C@@H]1CCc2ccccc2[C@H](Oc2ccc(C(F)(F)F)cc2)C1.Cl. The zero-order valence-electron chi connectivity index (χ0n) is 13.8. The summed E-state index contributed by atoms with van der Waals surface area (Å²) >= 11 is 0. The average molecular weight is 372 g/mol. The van der Waals surface area contributed by atoms with Gasteiger partial charge >= 0.3 is 6.18 Å².